The molecule has 2 unspecified atom stereocenters. The molecule has 1 rings (SSSR count). The number of benzene rings is 1. The van der Waals surface area contributed by atoms with Crippen molar-refractivity contribution in [3.8, 4) is 11.5 Å². The average Bonchev–Trinajstić information content (AvgIpc) is 2.45. The number of nitrogens with one attached hydrogen (secondary N) is 1. The van der Waals surface area contributed by atoms with Gasteiger partial charge in [-0.1, -0.05) is 13.0 Å². The average molecular weight is 280 g/mol. The highest BCUT2D eigenvalue weighted by Crippen LogP contribution is 2.29. The Labute approximate surface area is 120 Å². The predicted molar refractivity (Wildman–Crippen MR) is 78.9 cm³/mol. The van der Waals surface area contributed by atoms with Gasteiger partial charge in [0.1, 0.15) is 0 Å². The molecule has 0 saturated heterocycles. The molecule has 0 saturated carbocycles. The van der Waals surface area contributed by atoms with Gasteiger partial charge in [0.05, 0.1) is 20.3 Å². The minimum absolute atomic E-state index is 0.00485. The Morgan fingerprint density at radius 3 is 2.45 bits per heavy atom. The largest absolute Gasteiger partial charge is 0.493 e. The highest BCUT2D eigenvalue weighted by Gasteiger charge is 2.14. The van der Waals surface area contributed by atoms with Gasteiger partial charge in [-0.05, 0) is 37.1 Å². The van der Waals surface area contributed by atoms with Gasteiger partial charge in [-0.2, -0.15) is 0 Å². The molecule has 20 heavy (non-hydrogen) atoms. The third-order valence-corrected chi connectivity index (χ3v) is 3.22. The van der Waals surface area contributed by atoms with Crippen molar-refractivity contribution in [2.75, 3.05) is 20.8 Å². The summed E-state index contributed by atoms with van der Waals surface area (Å²) in [5.41, 5.74) is 6.49. The van der Waals surface area contributed by atoms with Crippen molar-refractivity contribution in [3.63, 3.8) is 0 Å². The van der Waals surface area contributed by atoms with Crippen LogP contribution in [0.2, 0.25) is 0 Å². The van der Waals surface area contributed by atoms with Crippen molar-refractivity contribution in [1.29, 1.82) is 0 Å². The molecule has 5 nitrogen and oxygen atoms in total. The van der Waals surface area contributed by atoms with E-state index in [-0.39, 0.29) is 17.9 Å². The van der Waals surface area contributed by atoms with Crippen molar-refractivity contribution in [3.05, 3.63) is 23.8 Å². The predicted octanol–water partition coefficient (Wildman–Crippen LogP) is 1.87. The maximum absolute atomic E-state index is 11.9. The van der Waals surface area contributed by atoms with Crippen LogP contribution < -0.4 is 20.5 Å². The van der Waals surface area contributed by atoms with Gasteiger partial charge in [0, 0.05) is 6.42 Å². The lowest BCUT2D eigenvalue weighted by molar-refractivity contribution is -0.122. The first-order valence-corrected chi connectivity index (χ1v) is 6.73. The lowest BCUT2D eigenvalue weighted by atomic mass is 10.1. The van der Waals surface area contributed by atoms with Crippen LogP contribution in [-0.2, 0) is 4.79 Å². The Balaban J connectivity index is 2.72. The third kappa shape index (κ3) is 4.42. The maximum Gasteiger partial charge on any atom is 0.220 e. The van der Waals surface area contributed by atoms with E-state index < -0.39 is 0 Å². The van der Waals surface area contributed by atoms with Crippen LogP contribution in [0.25, 0.3) is 0 Å². The lowest BCUT2D eigenvalue weighted by Crippen LogP contribution is -2.29. The van der Waals surface area contributed by atoms with Crippen LogP contribution in [-0.4, -0.2) is 26.7 Å². The third-order valence-electron chi connectivity index (χ3n) is 3.22. The zero-order valence-corrected chi connectivity index (χ0v) is 12.6. The number of hydrogen-bond acceptors (Lipinski definition) is 4. The summed E-state index contributed by atoms with van der Waals surface area (Å²) < 4.78 is 10.5. The minimum atomic E-state index is -0.0905. The fourth-order valence-corrected chi connectivity index (χ4v) is 1.91. The summed E-state index contributed by atoms with van der Waals surface area (Å²) in [6.07, 6.45) is 0.439. The standard InChI is InChI=1S/C15H24N2O3/c1-10(9-16)7-15(18)17-11(2)12-5-6-13(19-3)14(8-12)20-4/h5-6,8,10-11H,7,9,16H2,1-4H3,(H,17,18). The molecule has 0 aromatic heterocycles. The summed E-state index contributed by atoms with van der Waals surface area (Å²) in [7, 11) is 3.19. The number of rotatable bonds is 7. The molecule has 5 heteroatoms. The molecule has 0 fully saturated rings. The molecule has 0 bridgehead atoms. The molecule has 3 N–H and O–H groups in total. The number of carbonyl (C=O) groups is 1. The number of carbonyl (C=O) groups excluding carboxylic acids is 1. The normalized spacial score (nSPS) is 13.4. The van der Waals surface area contributed by atoms with E-state index in [9.17, 15) is 4.79 Å². The van der Waals surface area contributed by atoms with Crippen molar-refractivity contribution in [1.82, 2.24) is 5.32 Å². The van der Waals surface area contributed by atoms with Gasteiger partial charge in [-0.15, -0.1) is 0 Å². The summed E-state index contributed by atoms with van der Waals surface area (Å²) in [5.74, 6) is 1.52. The second-order valence-electron chi connectivity index (χ2n) is 4.95. The summed E-state index contributed by atoms with van der Waals surface area (Å²) in [6, 6.07) is 5.53. The quantitative estimate of drug-likeness (QED) is 0.799. The van der Waals surface area contributed by atoms with E-state index >= 15 is 0 Å². The van der Waals surface area contributed by atoms with Crippen LogP contribution in [0.4, 0.5) is 0 Å². The van der Waals surface area contributed by atoms with Crippen LogP contribution in [0, 0.1) is 5.92 Å². The first kappa shape index (κ1) is 16.3. The number of methoxy groups -OCH3 is 2. The maximum atomic E-state index is 11.9. The summed E-state index contributed by atoms with van der Waals surface area (Å²) in [6.45, 7) is 4.41. The molecule has 112 valence electrons. The molecular weight excluding hydrogens is 256 g/mol. The Morgan fingerprint density at radius 1 is 1.25 bits per heavy atom. The molecule has 0 aliphatic rings. The topological polar surface area (TPSA) is 73.6 Å². The second-order valence-corrected chi connectivity index (χ2v) is 4.95. The van der Waals surface area contributed by atoms with Crippen LogP contribution >= 0.6 is 0 Å². The molecular formula is C15H24N2O3. The Bertz CT molecular complexity index is 449. The molecule has 0 spiro atoms. The van der Waals surface area contributed by atoms with Gasteiger partial charge >= 0.3 is 0 Å². The van der Waals surface area contributed by atoms with Crippen LogP contribution in [0.1, 0.15) is 31.9 Å². The molecule has 1 aromatic carbocycles. The van der Waals surface area contributed by atoms with Gasteiger partial charge in [-0.3, -0.25) is 4.79 Å². The minimum Gasteiger partial charge on any atom is -0.493 e. The molecule has 0 aliphatic carbocycles. The monoisotopic (exact) mass is 280 g/mol. The molecule has 1 amide bonds. The van der Waals surface area contributed by atoms with E-state index in [0.717, 1.165) is 5.56 Å². The number of nitrogens with two attached hydrogens (primary N) is 1. The highest BCUT2D eigenvalue weighted by molar-refractivity contribution is 5.76. The van der Waals surface area contributed by atoms with E-state index in [2.05, 4.69) is 5.32 Å². The first-order valence-electron chi connectivity index (χ1n) is 6.73. The van der Waals surface area contributed by atoms with Crippen LogP contribution in [0.15, 0.2) is 18.2 Å². The van der Waals surface area contributed by atoms with E-state index in [1.807, 2.05) is 32.0 Å². The molecule has 0 radical (unpaired) electrons. The summed E-state index contributed by atoms with van der Waals surface area (Å²) >= 11 is 0. The summed E-state index contributed by atoms with van der Waals surface area (Å²) in [4.78, 5) is 11.9. The SMILES string of the molecule is COc1ccc(C(C)NC(=O)CC(C)CN)cc1OC. The van der Waals surface area contributed by atoms with Gasteiger partial charge in [-0.25, -0.2) is 0 Å². The Kier molecular flexibility index (Phi) is 6.31. The lowest BCUT2D eigenvalue weighted by Gasteiger charge is -2.17. The molecule has 1 aromatic rings. The number of amides is 1. The Morgan fingerprint density at radius 2 is 1.90 bits per heavy atom. The van der Waals surface area contributed by atoms with E-state index in [1.165, 1.54) is 0 Å². The van der Waals surface area contributed by atoms with Gasteiger partial charge in [0.15, 0.2) is 11.5 Å². The smallest absolute Gasteiger partial charge is 0.220 e. The summed E-state index contributed by atoms with van der Waals surface area (Å²) in [5, 5.41) is 2.96. The fraction of sp³-hybridized carbons (Fsp3) is 0.533. The van der Waals surface area contributed by atoms with Gasteiger partial charge in [0.25, 0.3) is 0 Å². The number of hydrogen-bond donors (Lipinski definition) is 2. The second kappa shape index (κ2) is 7.75. The zero-order valence-electron chi connectivity index (χ0n) is 12.6. The van der Waals surface area contributed by atoms with E-state index in [4.69, 9.17) is 15.2 Å². The first-order chi connectivity index (χ1) is 9.51. The van der Waals surface area contributed by atoms with Gasteiger partial charge < -0.3 is 20.5 Å². The van der Waals surface area contributed by atoms with Crippen LogP contribution in [0.5, 0.6) is 11.5 Å². The number of ether oxygens (including phenoxy) is 2. The van der Waals surface area contributed by atoms with Gasteiger partial charge in [0.2, 0.25) is 5.91 Å². The zero-order chi connectivity index (χ0) is 15.1. The molecule has 0 aliphatic heterocycles. The fourth-order valence-electron chi connectivity index (χ4n) is 1.91. The highest BCUT2D eigenvalue weighted by atomic mass is 16.5. The van der Waals surface area contributed by atoms with Crippen molar-refractivity contribution >= 4 is 5.91 Å². The molecule has 0 heterocycles. The van der Waals surface area contributed by atoms with Crippen molar-refractivity contribution < 1.29 is 14.3 Å². The van der Waals surface area contributed by atoms with Crippen molar-refractivity contribution in [2.45, 2.75) is 26.3 Å². The van der Waals surface area contributed by atoms with Crippen molar-refractivity contribution in [2.24, 2.45) is 11.7 Å². The van der Waals surface area contributed by atoms with Crippen LogP contribution in [0.3, 0.4) is 0 Å². The van der Waals surface area contributed by atoms with E-state index in [1.54, 1.807) is 14.2 Å². The Hall–Kier alpha value is -1.75. The van der Waals surface area contributed by atoms with E-state index in [0.29, 0.717) is 24.5 Å². The molecule has 2 atom stereocenters.